The second kappa shape index (κ2) is 3.09. The number of hydrogen-bond donors (Lipinski definition) is 0. The fourth-order valence-electron chi connectivity index (χ4n) is 1.61. The standard InChI is InChI=1S/C9H17N/c1-4-8(2)10-7-5-6-9(10)3/h9H,2,4-7H2,1,3H3/t9-/m1/s1. The Labute approximate surface area is 63.7 Å². The van der Waals surface area contributed by atoms with Gasteiger partial charge in [-0.2, -0.15) is 0 Å². The van der Waals surface area contributed by atoms with Gasteiger partial charge in [-0.25, -0.2) is 0 Å². The first-order valence-corrected chi connectivity index (χ1v) is 4.20. The molecule has 0 aromatic heterocycles. The van der Waals surface area contributed by atoms with E-state index in [4.69, 9.17) is 0 Å². The minimum atomic E-state index is 0.743. The highest BCUT2D eigenvalue weighted by Gasteiger charge is 2.19. The van der Waals surface area contributed by atoms with Gasteiger partial charge in [0.05, 0.1) is 0 Å². The summed E-state index contributed by atoms with van der Waals surface area (Å²) in [6, 6.07) is 0.743. The van der Waals surface area contributed by atoms with Crippen LogP contribution in [0.25, 0.3) is 0 Å². The van der Waals surface area contributed by atoms with E-state index in [1.54, 1.807) is 0 Å². The Kier molecular flexibility index (Phi) is 2.36. The van der Waals surface area contributed by atoms with E-state index in [1.807, 2.05) is 0 Å². The molecule has 0 amide bonds. The summed E-state index contributed by atoms with van der Waals surface area (Å²) < 4.78 is 0. The fraction of sp³-hybridized carbons (Fsp3) is 0.778. The molecule has 10 heavy (non-hydrogen) atoms. The highest BCUT2D eigenvalue weighted by Crippen LogP contribution is 2.21. The molecule has 0 unspecified atom stereocenters. The van der Waals surface area contributed by atoms with Gasteiger partial charge in [0.1, 0.15) is 0 Å². The highest BCUT2D eigenvalue weighted by atomic mass is 15.2. The number of likely N-dealkylation sites (tertiary alicyclic amines) is 1. The Morgan fingerprint density at radius 3 is 2.80 bits per heavy atom. The summed E-state index contributed by atoms with van der Waals surface area (Å²) in [5.74, 6) is 0. The molecular weight excluding hydrogens is 122 g/mol. The maximum Gasteiger partial charge on any atom is 0.0259 e. The van der Waals surface area contributed by atoms with Gasteiger partial charge in [-0.3, -0.25) is 0 Å². The third-order valence-corrected chi connectivity index (χ3v) is 2.37. The third kappa shape index (κ3) is 1.34. The maximum atomic E-state index is 4.03. The van der Waals surface area contributed by atoms with Crippen LogP contribution in [0.2, 0.25) is 0 Å². The Hall–Kier alpha value is -0.460. The van der Waals surface area contributed by atoms with Crippen LogP contribution in [0.3, 0.4) is 0 Å². The molecule has 0 aromatic carbocycles. The molecule has 58 valence electrons. The van der Waals surface area contributed by atoms with E-state index in [2.05, 4.69) is 25.3 Å². The summed E-state index contributed by atoms with van der Waals surface area (Å²) >= 11 is 0. The molecule has 0 saturated carbocycles. The quantitative estimate of drug-likeness (QED) is 0.568. The zero-order valence-corrected chi connectivity index (χ0v) is 7.06. The van der Waals surface area contributed by atoms with E-state index < -0.39 is 0 Å². The zero-order chi connectivity index (χ0) is 7.56. The molecule has 0 radical (unpaired) electrons. The first-order valence-electron chi connectivity index (χ1n) is 4.20. The van der Waals surface area contributed by atoms with Gasteiger partial charge in [-0.1, -0.05) is 13.5 Å². The van der Waals surface area contributed by atoms with E-state index in [0.717, 1.165) is 12.5 Å². The lowest BCUT2D eigenvalue weighted by molar-refractivity contribution is 0.332. The normalized spacial score (nSPS) is 25.4. The van der Waals surface area contributed by atoms with Gasteiger partial charge in [0.25, 0.3) is 0 Å². The van der Waals surface area contributed by atoms with Gasteiger partial charge in [0.15, 0.2) is 0 Å². The maximum absolute atomic E-state index is 4.03. The van der Waals surface area contributed by atoms with Crippen molar-refractivity contribution >= 4 is 0 Å². The van der Waals surface area contributed by atoms with E-state index in [-0.39, 0.29) is 0 Å². The van der Waals surface area contributed by atoms with Crippen molar-refractivity contribution in [3.05, 3.63) is 12.3 Å². The van der Waals surface area contributed by atoms with Gasteiger partial charge in [0, 0.05) is 18.3 Å². The lowest BCUT2D eigenvalue weighted by Gasteiger charge is -2.24. The Bertz CT molecular complexity index is 129. The van der Waals surface area contributed by atoms with Crippen LogP contribution in [0.15, 0.2) is 12.3 Å². The average Bonchev–Trinajstić information content (AvgIpc) is 2.34. The van der Waals surface area contributed by atoms with Crippen molar-refractivity contribution in [3.63, 3.8) is 0 Å². The molecule has 1 fully saturated rings. The molecule has 1 saturated heterocycles. The van der Waals surface area contributed by atoms with Gasteiger partial charge < -0.3 is 4.90 Å². The number of allylic oxidation sites excluding steroid dienone is 1. The second-order valence-electron chi connectivity index (χ2n) is 3.10. The van der Waals surface area contributed by atoms with Crippen molar-refractivity contribution in [1.29, 1.82) is 0 Å². The Balaban J connectivity index is 2.46. The summed E-state index contributed by atoms with van der Waals surface area (Å²) in [7, 11) is 0. The SMILES string of the molecule is C=C(CC)N1CCC[C@H]1C. The number of rotatable bonds is 2. The fourth-order valence-corrected chi connectivity index (χ4v) is 1.61. The predicted octanol–water partition coefficient (Wildman–Crippen LogP) is 2.39. The van der Waals surface area contributed by atoms with Crippen molar-refractivity contribution in [2.45, 2.75) is 39.2 Å². The number of hydrogen-bond acceptors (Lipinski definition) is 1. The van der Waals surface area contributed by atoms with Crippen molar-refractivity contribution in [2.75, 3.05) is 6.54 Å². The zero-order valence-electron chi connectivity index (χ0n) is 7.06. The van der Waals surface area contributed by atoms with Gasteiger partial charge in [-0.15, -0.1) is 0 Å². The molecule has 1 aliphatic rings. The Morgan fingerprint density at radius 2 is 2.40 bits per heavy atom. The molecule has 1 rings (SSSR count). The highest BCUT2D eigenvalue weighted by molar-refractivity contribution is 4.97. The van der Waals surface area contributed by atoms with Crippen LogP contribution in [0, 0.1) is 0 Å². The molecule has 0 N–H and O–H groups in total. The third-order valence-electron chi connectivity index (χ3n) is 2.37. The molecule has 0 bridgehead atoms. The molecular formula is C9H17N. The molecule has 0 aliphatic carbocycles. The minimum Gasteiger partial charge on any atom is -0.373 e. The summed E-state index contributed by atoms with van der Waals surface area (Å²) in [6.45, 7) is 9.72. The topological polar surface area (TPSA) is 3.24 Å². The van der Waals surface area contributed by atoms with Crippen LogP contribution < -0.4 is 0 Å². The lowest BCUT2D eigenvalue weighted by Crippen LogP contribution is -2.25. The molecule has 1 aliphatic heterocycles. The van der Waals surface area contributed by atoms with Crippen LogP contribution in [0.4, 0.5) is 0 Å². The van der Waals surface area contributed by atoms with Crippen LogP contribution in [-0.2, 0) is 0 Å². The lowest BCUT2D eigenvalue weighted by atomic mass is 10.2. The predicted molar refractivity (Wildman–Crippen MR) is 44.8 cm³/mol. The van der Waals surface area contributed by atoms with Gasteiger partial charge in [-0.05, 0) is 26.2 Å². The van der Waals surface area contributed by atoms with Crippen LogP contribution in [0.5, 0.6) is 0 Å². The van der Waals surface area contributed by atoms with Crippen molar-refractivity contribution in [2.24, 2.45) is 0 Å². The molecule has 1 nitrogen and oxygen atoms in total. The summed E-state index contributed by atoms with van der Waals surface area (Å²) in [5.41, 5.74) is 1.31. The monoisotopic (exact) mass is 139 g/mol. The first-order chi connectivity index (χ1) is 4.75. The van der Waals surface area contributed by atoms with Crippen molar-refractivity contribution in [3.8, 4) is 0 Å². The largest absolute Gasteiger partial charge is 0.373 e. The number of nitrogens with zero attached hydrogens (tertiary/aromatic N) is 1. The smallest absolute Gasteiger partial charge is 0.0259 e. The van der Waals surface area contributed by atoms with E-state index >= 15 is 0 Å². The molecule has 1 atom stereocenters. The van der Waals surface area contributed by atoms with E-state index in [9.17, 15) is 0 Å². The molecule has 1 heteroatoms. The van der Waals surface area contributed by atoms with Crippen LogP contribution in [0.1, 0.15) is 33.1 Å². The second-order valence-corrected chi connectivity index (χ2v) is 3.10. The van der Waals surface area contributed by atoms with Crippen LogP contribution >= 0.6 is 0 Å². The summed E-state index contributed by atoms with van der Waals surface area (Å²) in [5, 5.41) is 0. The minimum absolute atomic E-state index is 0.743. The summed E-state index contributed by atoms with van der Waals surface area (Å²) in [6.07, 6.45) is 3.80. The van der Waals surface area contributed by atoms with E-state index in [0.29, 0.717) is 0 Å². The molecule has 0 spiro atoms. The van der Waals surface area contributed by atoms with Crippen molar-refractivity contribution < 1.29 is 0 Å². The first kappa shape index (κ1) is 7.64. The summed E-state index contributed by atoms with van der Waals surface area (Å²) in [4.78, 5) is 2.43. The molecule has 0 aromatic rings. The van der Waals surface area contributed by atoms with E-state index in [1.165, 1.54) is 25.1 Å². The van der Waals surface area contributed by atoms with Crippen LogP contribution in [-0.4, -0.2) is 17.5 Å². The average molecular weight is 139 g/mol. The molecule has 1 heterocycles. The van der Waals surface area contributed by atoms with Gasteiger partial charge >= 0.3 is 0 Å². The Morgan fingerprint density at radius 1 is 1.70 bits per heavy atom. The van der Waals surface area contributed by atoms with Gasteiger partial charge in [0.2, 0.25) is 0 Å². The van der Waals surface area contributed by atoms with Crippen molar-refractivity contribution in [1.82, 2.24) is 4.90 Å².